The molecule has 0 unspecified atom stereocenters. The smallest absolute Gasteiger partial charge is 0.255 e. The van der Waals surface area contributed by atoms with Crippen molar-refractivity contribution in [2.75, 3.05) is 12.5 Å². The van der Waals surface area contributed by atoms with Crippen molar-refractivity contribution in [1.82, 2.24) is 0 Å². The zero-order chi connectivity index (χ0) is 21.1. The Morgan fingerprint density at radius 1 is 0.933 bits per heavy atom. The van der Waals surface area contributed by atoms with E-state index in [0.29, 0.717) is 22.4 Å². The zero-order valence-corrected chi connectivity index (χ0v) is 17.3. The molecule has 0 spiro atoms. The fourth-order valence-corrected chi connectivity index (χ4v) is 4.30. The predicted octanol–water partition coefficient (Wildman–Crippen LogP) is 4.51. The predicted molar refractivity (Wildman–Crippen MR) is 115 cm³/mol. The fraction of sp³-hybridized carbons (Fsp3) is 0.0870. The SMILES string of the molecule is COc1ccc2cc(S(=O)(=O)c3ccc(C)cc3)c(=NNc3ccccc3)oc2c1. The Morgan fingerprint density at radius 2 is 1.67 bits per heavy atom. The number of hydrogen-bond donors (Lipinski definition) is 1. The van der Waals surface area contributed by atoms with Gasteiger partial charge in [-0.05, 0) is 49.4 Å². The number of nitrogens with one attached hydrogen (secondary N) is 1. The number of hydrogen-bond acceptors (Lipinski definition) is 6. The molecule has 0 aliphatic rings. The van der Waals surface area contributed by atoms with Gasteiger partial charge in [-0.15, -0.1) is 5.10 Å². The molecule has 1 heterocycles. The molecule has 6 nitrogen and oxygen atoms in total. The summed E-state index contributed by atoms with van der Waals surface area (Å²) < 4.78 is 37.9. The summed E-state index contributed by atoms with van der Waals surface area (Å²) >= 11 is 0. The van der Waals surface area contributed by atoms with Gasteiger partial charge in [0.25, 0.3) is 5.55 Å². The van der Waals surface area contributed by atoms with E-state index in [0.717, 1.165) is 5.56 Å². The van der Waals surface area contributed by atoms with E-state index in [9.17, 15) is 8.42 Å². The van der Waals surface area contributed by atoms with Crippen LogP contribution < -0.4 is 15.7 Å². The molecular weight excluding hydrogens is 400 g/mol. The largest absolute Gasteiger partial charge is 0.497 e. The number of ether oxygens (including phenoxy) is 1. The molecule has 0 atom stereocenters. The summed E-state index contributed by atoms with van der Waals surface area (Å²) in [4.78, 5) is 0.153. The van der Waals surface area contributed by atoms with Gasteiger partial charge in [0, 0.05) is 11.5 Å². The van der Waals surface area contributed by atoms with E-state index in [-0.39, 0.29) is 15.3 Å². The van der Waals surface area contributed by atoms with E-state index in [1.54, 1.807) is 55.6 Å². The lowest BCUT2D eigenvalue weighted by atomic mass is 10.2. The molecule has 0 bridgehead atoms. The van der Waals surface area contributed by atoms with Gasteiger partial charge in [-0.2, -0.15) is 0 Å². The minimum absolute atomic E-state index is 0.0209. The monoisotopic (exact) mass is 420 g/mol. The second-order valence-corrected chi connectivity index (χ2v) is 8.64. The van der Waals surface area contributed by atoms with Gasteiger partial charge in [0.2, 0.25) is 9.84 Å². The highest BCUT2D eigenvalue weighted by Gasteiger charge is 2.22. The van der Waals surface area contributed by atoms with Gasteiger partial charge in [0.05, 0.1) is 17.7 Å². The highest BCUT2D eigenvalue weighted by atomic mass is 32.2. The normalized spacial score (nSPS) is 12.1. The lowest BCUT2D eigenvalue weighted by Crippen LogP contribution is -2.17. The molecule has 0 fully saturated rings. The maximum absolute atomic E-state index is 13.4. The summed E-state index contributed by atoms with van der Waals surface area (Å²) in [5.74, 6) is 0.599. The van der Waals surface area contributed by atoms with Gasteiger partial charge >= 0.3 is 0 Å². The third-order valence-corrected chi connectivity index (χ3v) is 6.37. The summed E-state index contributed by atoms with van der Waals surface area (Å²) in [5.41, 5.74) is 4.96. The van der Waals surface area contributed by atoms with Crippen LogP contribution in [0, 0.1) is 6.92 Å². The van der Waals surface area contributed by atoms with E-state index in [1.165, 1.54) is 0 Å². The summed E-state index contributed by atoms with van der Waals surface area (Å²) in [6.45, 7) is 1.90. The van der Waals surface area contributed by atoms with Crippen molar-refractivity contribution < 1.29 is 17.6 Å². The van der Waals surface area contributed by atoms with Crippen molar-refractivity contribution in [1.29, 1.82) is 0 Å². The van der Waals surface area contributed by atoms with Crippen molar-refractivity contribution in [3.63, 3.8) is 0 Å². The molecule has 0 saturated carbocycles. The minimum Gasteiger partial charge on any atom is -0.497 e. The van der Waals surface area contributed by atoms with Gasteiger partial charge in [0.15, 0.2) is 0 Å². The molecule has 0 saturated heterocycles. The second kappa shape index (κ2) is 8.04. The van der Waals surface area contributed by atoms with Crippen LogP contribution in [-0.2, 0) is 9.84 Å². The molecular formula is C23H20N2O4S. The van der Waals surface area contributed by atoms with Crippen molar-refractivity contribution in [2.24, 2.45) is 5.10 Å². The number of fused-ring (bicyclic) bond motifs is 1. The number of anilines is 1. The Kier molecular flexibility index (Phi) is 5.29. The quantitative estimate of drug-likeness (QED) is 0.481. The standard InChI is InChI=1S/C23H20N2O4S/c1-16-8-12-20(13-9-16)30(26,27)22-14-17-10-11-19(28-2)15-21(17)29-23(22)25-24-18-6-4-3-5-7-18/h3-15,24H,1-2H3. The third-order valence-electron chi connectivity index (χ3n) is 4.61. The first kappa shape index (κ1) is 19.7. The van der Waals surface area contributed by atoms with Crippen LogP contribution in [-0.4, -0.2) is 15.5 Å². The van der Waals surface area contributed by atoms with E-state index >= 15 is 0 Å². The number of aryl methyl sites for hydroxylation is 1. The molecule has 0 radical (unpaired) electrons. The van der Waals surface area contributed by atoms with Gasteiger partial charge in [-0.25, -0.2) is 8.42 Å². The first-order chi connectivity index (χ1) is 14.5. The molecule has 4 rings (SSSR count). The Morgan fingerprint density at radius 3 is 2.37 bits per heavy atom. The molecule has 0 aliphatic heterocycles. The lowest BCUT2D eigenvalue weighted by molar-refractivity contribution is 0.413. The summed E-state index contributed by atoms with van der Waals surface area (Å²) in [6, 6.07) is 22.7. The van der Waals surface area contributed by atoms with E-state index in [4.69, 9.17) is 9.15 Å². The fourth-order valence-electron chi connectivity index (χ4n) is 2.95. The molecule has 1 N–H and O–H groups in total. The number of benzene rings is 3. The highest BCUT2D eigenvalue weighted by Crippen LogP contribution is 2.25. The van der Waals surface area contributed by atoms with E-state index in [1.807, 2.05) is 37.3 Å². The van der Waals surface area contributed by atoms with Crippen LogP contribution in [0.2, 0.25) is 0 Å². The average molecular weight is 420 g/mol. The number of methoxy groups -OCH3 is 1. The molecule has 3 aromatic carbocycles. The van der Waals surface area contributed by atoms with E-state index in [2.05, 4.69) is 10.5 Å². The minimum atomic E-state index is -3.86. The molecule has 152 valence electrons. The van der Waals surface area contributed by atoms with Gasteiger partial charge < -0.3 is 9.15 Å². The lowest BCUT2D eigenvalue weighted by Gasteiger charge is -2.08. The van der Waals surface area contributed by atoms with Crippen LogP contribution in [0.1, 0.15) is 5.56 Å². The van der Waals surface area contributed by atoms with Crippen LogP contribution in [0.25, 0.3) is 11.0 Å². The topological polar surface area (TPSA) is 80.9 Å². The maximum atomic E-state index is 13.4. The molecule has 4 aromatic rings. The van der Waals surface area contributed by atoms with Crippen molar-refractivity contribution >= 4 is 26.5 Å². The first-order valence-electron chi connectivity index (χ1n) is 9.26. The van der Waals surface area contributed by atoms with Crippen LogP contribution in [0.3, 0.4) is 0 Å². The summed E-state index contributed by atoms with van der Waals surface area (Å²) in [5, 5.41) is 4.88. The average Bonchev–Trinajstić information content (AvgIpc) is 2.77. The Bertz CT molecular complexity index is 1360. The molecule has 30 heavy (non-hydrogen) atoms. The van der Waals surface area contributed by atoms with Gasteiger partial charge in [0.1, 0.15) is 16.2 Å². The zero-order valence-electron chi connectivity index (χ0n) is 16.5. The van der Waals surface area contributed by atoms with Gasteiger partial charge in [-0.3, -0.25) is 5.43 Å². The van der Waals surface area contributed by atoms with Crippen LogP contribution in [0.4, 0.5) is 5.69 Å². The Labute approximate surface area is 174 Å². The first-order valence-corrected chi connectivity index (χ1v) is 10.7. The number of nitrogens with zero attached hydrogens (tertiary/aromatic N) is 1. The summed E-state index contributed by atoms with van der Waals surface area (Å²) in [6.07, 6.45) is 0. The number of para-hydroxylation sites is 1. The molecule has 1 aromatic heterocycles. The van der Waals surface area contributed by atoms with Crippen molar-refractivity contribution in [3.8, 4) is 5.75 Å². The highest BCUT2D eigenvalue weighted by molar-refractivity contribution is 7.91. The Balaban J connectivity index is 1.93. The maximum Gasteiger partial charge on any atom is 0.255 e. The third kappa shape index (κ3) is 3.92. The number of sulfone groups is 1. The van der Waals surface area contributed by atoms with E-state index < -0.39 is 9.84 Å². The van der Waals surface area contributed by atoms with Crippen LogP contribution in [0.15, 0.2) is 98.2 Å². The van der Waals surface area contributed by atoms with Crippen molar-refractivity contribution in [2.45, 2.75) is 16.7 Å². The number of rotatable bonds is 5. The Hall–Kier alpha value is -3.58. The van der Waals surface area contributed by atoms with Crippen molar-refractivity contribution in [3.05, 3.63) is 90.0 Å². The molecule has 7 heteroatoms. The second-order valence-electron chi connectivity index (χ2n) is 6.73. The molecule has 0 amide bonds. The van der Waals surface area contributed by atoms with Crippen LogP contribution in [0.5, 0.6) is 5.75 Å². The summed E-state index contributed by atoms with van der Waals surface area (Å²) in [7, 11) is -2.30. The van der Waals surface area contributed by atoms with Crippen LogP contribution >= 0.6 is 0 Å². The van der Waals surface area contributed by atoms with Gasteiger partial charge in [-0.1, -0.05) is 35.9 Å². The molecule has 0 aliphatic carbocycles.